The highest BCUT2D eigenvalue weighted by atomic mass is 14.9. The molecule has 0 saturated heterocycles. The molecule has 1 aromatic carbocycles. The first-order valence-corrected chi connectivity index (χ1v) is 6.06. The molecule has 1 aromatic rings. The predicted molar refractivity (Wildman–Crippen MR) is 67.1 cm³/mol. The van der Waals surface area contributed by atoms with Gasteiger partial charge in [-0.2, -0.15) is 0 Å². The van der Waals surface area contributed by atoms with Crippen molar-refractivity contribution in [2.24, 2.45) is 0 Å². The topological polar surface area (TPSA) is 12.0 Å². The molecular formula is C14H23N. The molecule has 0 aliphatic carbocycles. The smallest absolute Gasteiger partial charge is 0.0107 e. The third-order valence-corrected chi connectivity index (χ3v) is 2.95. The number of rotatable bonds is 6. The molecular weight excluding hydrogens is 182 g/mol. The molecule has 1 nitrogen and oxygen atoms in total. The van der Waals surface area contributed by atoms with Gasteiger partial charge in [0.2, 0.25) is 0 Å². The van der Waals surface area contributed by atoms with E-state index in [1.807, 2.05) is 0 Å². The summed E-state index contributed by atoms with van der Waals surface area (Å²) in [6, 6.07) is 12.0. The zero-order valence-electron chi connectivity index (χ0n) is 10.2. The van der Waals surface area contributed by atoms with Gasteiger partial charge in [0.15, 0.2) is 0 Å². The molecule has 0 aliphatic heterocycles. The van der Waals surface area contributed by atoms with Crippen molar-refractivity contribution >= 4 is 0 Å². The fraction of sp³-hybridized carbons (Fsp3) is 0.571. The second kappa shape index (κ2) is 6.62. The van der Waals surface area contributed by atoms with Crippen molar-refractivity contribution in [3.63, 3.8) is 0 Å². The van der Waals surface area contributed by atoms with Crippen LogP contribution in [0.3, 0.4) is 0 Å². The van der Waals surface area contributed by atoms with E-state index in [-0.39, 0.29) is 0 Å². The first-order valence-electron chi connectivity index (χ1n) is 6.06. The zero-order valence-corrected chi connectivity index (χ0v) is 10.2. The Morgan fingerprint density at radius 3 is 2.27 bits per heavy atom. The third kappa shape index (κ3) is 4.48. The summed E-state index contributed by atoms with van der Waals surface area (Å²) in [7, 11) is 0. The molecule has 1 rings (SSSR count). The highest BCUT2D eigenvalue weighted by Crippen LogP contribution is 2.06. The molecule has 0 fully saturated rings. The minimum Gasteiger partial charge on any atom is -0.311 e. The Bertz CT molecular complexity index is 255. The molecule has 0 spiro atoms. The van der Waals surface area contributed by atoms with Gasteiger partial charge in [0.05, 0.1) is 0 Å². The Balaban J connectivity index is 2.47. The normalized spacial score (nSPS) is 14.9. The van der Waals surface area contributed by atoms with E-state index < -0.39 is 0 Å². The van der Waals surface area contributed by atoms with E-state index in [0.717, 1.165) is 6.42 Å². The quantitative estimate of drug-likeness (QED) is 0.750. The van der Waals surface area contributed by atoms with Crippen molar-refractivity contribution in [2.75, 3.05) is 0 Å². The minimum atomic E-state index is 0.613. The van der Waals surface area contributed by atoms with Gasteiger partial charge < -0.3 is 5.32 Å². The van der Waals surface area contributed by atoms with Crippen molar-refractivity contribution in [2.45, 2.75) is 52.1 Å². The summed E-state index contributed by atoms with van der Waals surface area (Å²) in [4.78, 5) is 0. The number of hydrogen-bond donors (Lipinski definition) is 1. The van der Waals surface area contributed by atoms with Gasteiger partial charge in [0, 0.05) is 12.1 Å². The van der Waals surface area contributed by atoms with Gasteiger partial charge in [-0.05, 0) is 31.7 Å². The average molecular weight is 205 g/mol. The third-order valence-electron chi connectivity index (χ3n) is 2.95. The van der Waals surface area contributed by atoms with Gasteiger partial charge in [-0.1, -0.05) is 44.2 Å². The van der Waals surface area contributed by atoms with Crippen LogP contribution in [0.2, 0.25) is 0 Å². The van der Waals surface area contributed by atoms with Crippen molar-refractivity contribution in [1.82, 2.24) is 5.32 Å². The van der Waals surface area contributed by atoms with Crippen LogP contribution >= 0.6 is 0 Å². The van der Waals surface area contributed by atoms with Crippen LogP contribution in [0.15, 0.2) is 30.3 Å². The minimum absolute atomic E-state index is 0.613. The average Bonchev–Trinajstić information content (AvgIpc) is 2.29. The second-order valence-corrected chi connectivity index (χ2v) is 4.27. The van der Waals surface area contributed by atoms with Crippen LogP contribution in [-0.2, 0) is 6.42 Å². The van der Waals surface area contributed by atoms with E-state index in [4.69, 9.17) is 0 Å². The molecule has 2 atom stereocenters. The summed E-state index contributed by atoms with van der Waals surface area (Å²) in [6.45, 7) is 6.74. The fourth-order valence-corrected chi connectivity index (χ4v) is 1.74. The van der Waals surface area contributed by atoms with Gasteiger partial charge in [0.1, 0.15) is 0 Å². The molecule has 0 aromatic heterocycles. The fourth-order valence-electron chi connectivity index (χ4n) is 1.74. The van der Waals surface area contributed by atoms with Crippen LogP contribution in [0.25, 0.3) is 0 Å². The van der Waals surface area contributed by atoms with Gasteiger partial charge >= 0.3 is 0 Å². The Labute approximate surface area is 93.9 Å². The molecule has 0 amide bonds. The maximum Gasteiger partial charge on any atom is 0.0107 e. The van der Waals surface area contributed by atoms with E-state index >= 15 is 0 Å². The Morgan fingerprint density at radius 2 is 1.73 bits per heavy atom. The molecule has 1 N–H and O–H groups in total. The molecule has 0 unspecified atom stereocenters. The highest BCUT2D eigenvalue weighted by molar-refractivity contribution is 5.15. The summed E-state index contributed by atoms with van der Waals surface area (Å²) in [5.74, 6) is 0. The lowest BCUT2D eigenvalue weighted by atomic mass is 10.0. The summed E-state index contributed by atoms with van der Waals surface area (Å²) in [6.07, 6.45) is 3.53. The first-order chi connectivity index (χ1) is 7.26. The lowest BCUT2D eigenvalue weighted by molar-refractivity contribution is 0.424. The summed E-state index contributed by atoms with van der Waals surface area (Å²) in [5.41, 5.74) is 1.43. The molecule has 0 radical (unpaired) electrons. The van der Waals surface area contributed by atoms with E-state index in [1.165, 1.54) is 18.4 Å². The van der Waals surface area contributed by atoms with Crippen molar-refractivity contribution < 1.29 is 0 Å². The number of nitrogens with one attached hydrogen (secondary N) is 1. The highest BCUT2D eigenvalue weighted by Gasteiger charge is 2.09. The van der Waals surface area contributed by atoms with Crippen LogP contribution in [0, 0.1) is 0 Å². The first kappa shape index (κ1) is 12.3. The lowest BCUT2D eigenvalue weighted by Gasteiger charge is -2.21. The van der Waals surface area contributed by atoms with Gasteiger partial charge in [-0.15, -0.1) is 0 Å². The van der Waals surface area contributed by atoms with Crippen molar-refractivity contribution in [1.29, 1.82) is 0 Å². The van der Waals surface area contributed by atoms with Crippen molar-refractivity contribution in [3.05, 3.63) is 35.9 Å². The van der Waals surface area contributed by atoms with Crippen LogP contribution in [0.5, 0.6) is 0 Å². The summed E-state index contributed by atoms with van der Waals surface area (Å²) < 4.78 is 0. The summed E-state index contributed by atoms with van der Waals surface area (Å²) in [5, 5.41) is 3.66. The molecule has 84 valence electrons. The standard InChI is InChI=1S/C14H23N/c1-4-12(3)15-14(5-2)11-13-9-7-6-8-10-13/h6-10,12,14-15H,4-5,11H2,1-3H3/t12-,14+/m0/s1. The van der Waals surface area contributed by atoms with Gasteiger partial charge in [-0.3, -0.25) is 0 Å². The zero-order chi connectivity index (χ0) is 11.1. The van der Waals surface area contributed by atoms with E-state index in [0.29, 0.717) is 12.1 Å². The molecule has 0 bridgehead atoms. The van der Waals surface area contributed by atoms with Crippen LogP contribution in [0.4, 0.5) is 0 Å². The number of benzene rings is 1. The molecule has 0 heterocycles. The predicted octanol–water partition coefficient (Wildman–Crippen LogP) is 3.40. The number of hydrogen-bond acceptors (Lipinski definition) is 1. The van der Waals surface area contributed by atoms with Crippen molar-refractivity contribution in [3.8, 4) is 0 Å². The van der Waals surface area contributed by atoms with Gasteiger partial charge in [-0.25, -0.2) is 0 Å². The van der Waals surface area contributed by atoms with Crippen LogP contribution in [-0.4, -0.2) is 12.1 Å². The summed E-state index contributed by atoms with van der Waals surface area (Å²) >= 11 is 0. The Hall–Kier alpha value is -0.820. The Kier molecular flexibility index (Phi) is 5.41. The maximum atomic E-state index is 3.66. The molecule has 15 heavy (non-hydrogen) atoms. The van der Waals surface area contributed by atoms with E-state index in [1.54, 1.807) is 0 Å². The van der Waals surface area contributed by atoms with Crippen LogP contribution in [0.1, 0.15) is 39.2 Å². The van der Waals surface area contributed by atoms with Crippen LogP contribution < -0.4 is 5.32 Å². The lowest BCUT2D eigenvalue weighted by Crippen LogP contribution is -2.37. The largest absolute Gasteiger partial charge is 0.311 e. The SMILES string of the molecule is CC[C@H](Cc1ccccc1)N[C@@H](C)CC. The second-order valence-electron chi connectivity index (χ2n) is 4.27. The monoisotopic (exact) mass is 205 g/mol. The molecule has 0 saturated carbocycles. The Morgan fingerprint density at radius 1 is 1.07 bits per heavy atom. The molecule has 0 aliphatic rings. The van der Waals surface area contributed by atoms with E-state index in [9.17, 15) is 0 Å². The molecule has 1 heteroatoms. The van der Waals surface area contributed by atoms with Gasteiger partial charge in [0.25, 0.3) is 0 Å². The maximum absolute atomic E-state index is 3.66. The van der Waals surface area contributed by atoms with E-state index in [2.05, 4.69) is 56.4 Å².